The van der Waals surface area contributed by atoms with E-state index in [-0.39, 0.29) is 24.6 Å². The van der Waals surface area contributed by atoms with Crippen LogP contribution in [0.15, 0.2) is 18.2 Å². The molecule has 100 valence electrons. The van der Waals surface area contributed by atoms with Crippen LogP contribution in [-0.4, -0.2) is 46.3 Å². The van der Waals surface area contributed by atoms with Gasteiger partial charge in [0.2, 0.25) is 0 Å². The van der Waals surface area contributed by atoms with E-state index in [4.69, 9.17) is 15.9 Å². The zero-order valence-corrected chi connectivity index (χ0v) is 9.95. The van der Waals surface area contributed by atoms with Gasteiger partial charge in [-0.2, -0.15) is 0 Å². The van der Waals surface area contributed by atoms with Crippen molar-refractivity contribution in [1.82, 2.24) is 4.90 Å². The van der Waals surface area contributed by atoms with Gasteiger partial charge in [-0.05, 0) is 11.6 Å². The predicted octanol–water partition coefficient (Wildman–Crippen LogP) is -0.0364. The van der Waals surface area contributed by atoms with Crippen molar-refractivity contribution in [2.75, 3.05) is 32.0 Å². The first-order valence-corrected chi connectivity index (χ1v) is 5.55. The highest BCUT2D eigenvalue weighted by Crippen LogP contribution is 2.22. The number of anilines is 1. The van der Waals surface area contributed by atoms with Crippen LogP contribution in [0.1, 0.15) is 5.56 Å². The Morgan fingerprint density at radius 2 is 1.89 bits per heavy atom. The lowest BCUT2D eigenvalue weighted by Crippen LogP contribution is -2.29. The molecule has 0 spiro atoms. The monoisotopic (exact) mass is 255 g/mol. The number of nitrogen functional groups attached to an aromatic ring is 1. The number of aliphatic hydroxyl groups excluding tert-OH is 2. The van der Waals surface area contributed by atoms with E-state index in [2.05, 4.69) is 0 Å². The molecular weight excluding hydrogens is 238 g/mol. The third kappa shape index (κ3) is 3.95. The van der Waals surface area contributed by atoms with Gasteiger partial charge >= 0.3 is 0 Å². The second-order valence-electron chi connectivity index (χ2n) is 3.87. The molecule has 0 fully saturated rings. The topological polar surface area (TPSA) is 113 Å². The number of nitrogens with two attached hydrogens (primary N) is 1. The van der Waals surface area contributed by atoms with Gasteiger partial charge in [0.25, 0.3) is 5.69 Å². The minimum absolute atomic E-state index is 0.0114. The molecule has 0 unspecified atom stereocenters. The molecule has 0 radical (unpaired) electrons. The molecule has 0 bridgehead atoms. The fraction of sp³-hybridized carbons (Fsp3) is 0.455. The van der Waals surface area contributed by atoms with Gasteiger partial charge in [0.15, 0.2) is 0 Å². The normalized spacial score (nSPS) is 10.8. The summed E-state index contributed by atoms with van der Waals surface area (Å²) in [6, 6.07) is 4.52. The average molecular weight is 255 g/mol. The molecule has 0 aromatic heterocycles. The van der Waals surface area contributed by atoms with Crippen LogP contribution in [0.4, 0.5) is 11.4 Å². The van der Waals surface area contributed by atoms with Crippen molar-refractivity contribution in [3.05, 3.63) is 33.9 Å². The number of hydrogen-bond donors (Lipinski definition) is 3. The van der Waals surface area contributed by atoms with Gasteiger partial charge in [0.1, 0.15) is 5.69 Å². The first-order chi connectivity index (χ1) is 8.58. The summed E-state index contributed by atoms with van der Waals surface area (Å²) in [5.41, 5.74) is 6.39. The van der Waals surface area contributed by atoms with E-state index >= 15 is 0 Å². The Kier molecular flexibility index (Phi) is 5.50. The largest absolute Gasteiger partial charge is 0.395 e. The third-order valence-electron chi connectivity index (χ3n) is 2.53. The van der Waals surface area contributed by atoms with Crippen LogP contribution in [0.3, 0.4) is 0 Å². The van der Waals surface area contributed by atoms with Crippen molar-refractivity contribution in [2.24, 2.45) is 0 Å². The Bertz CT molecular complexity index is 405. The Morgan fingerprint density at radius 1 is 1.28 bits per heavy atom. The van der Waals surface area contributed by atoms with Crippen LogP contribution in [-0.2, 0) is 6.54 Å². The van der Waals surface area contributed by atoms with Gasteiger partial charge in [0, 0.05) is 25.7 Å². The molecule has 0 aliphatic carbocycles. The molecule has 18 heavy (non-hydrogen) atoms. The van der Waals surface area contributed by atoms with Crippen LogP contribution in [0, 0.1) is 10.1 Å². The van der Waals surface area contributed by atoms with Crippen molar-refractivity contribution in [2.45, 2.75) is 6.54 Å². The zero-order chi connectivity index (χ0) is 13.5. The van der Waals surface area contributed by atoms with Crippen LogP contribution in [0.5, 0.6) is 0 Å². The number of nitro groups is 1. The summed E-state index contributed by atoms with van der Waals surface area (Å²) < 4.78 is 0. The standard InChI is InChI=1S/C11H17N3O4/c12-10-7-9(1-2-11(10)14(17)18)8-13(3-5-15)4-6-16/h1-2,7,15-16H,3-6,8,12H2. The average Bonchev–Trinajstić information content (AvgIpc) is 2.29. The van der Waals surface area contributed by atoms with Crippen LogP contribution < -0.4 is 5.73 Å². The SMILES string of the molecule is Nc1cc(CN(CCO)CCO)ccc1[N+](=O)[O-]. The van der Waals surface area contributed by atoms with E-state index in [9.17, 15) is 10.1 Å². The fourth-order valence-electron chi connectivity index (χ4n) is 1.68. The van der Waals surface area contributed by atoms with E-state index in [1.807, 2.05) is 4.90 Å². The molecule has 0 aliphatic rings. The van der Waals surface area contributed by atoms with E-state index in [0.29, 0.717) is 19.6 Å². The van der Waals surface area contributed by atoms with Crippen molar-refractivity contribution in [3.63, 3.8) is 0 Å². The summed E-state index contributed by atoms with van der Waals surface area (Å²) in [5, 5.41) is 28.4. The highest BCUT2D eigenvalue weighted by atomic mass is 16.6. The van der Waals surface area contributed by atoms with E-state index < -0.39 is 4.92 Å². The summed E-state index contributed by atoms with van der Waals surface area (Å²) >= 11 is 0. The number of nitrogens with zero attached hydrogens (tertiary/aromatic N) is 2. The number of rotatable bonds is 7. The fourth-order valence-corrected chi connectivity index (χ4v) is 1.68. The lowest BCUT2D eigenvalue weighted by atomic mass is 10.1. The molecule has 1 aromatic carbocycles. The van der Waals surface area contributed by atoms with Crippen molar-refractivity contribution in [1.29, 1.82) is 0 Å². The van der Waals surface area contributed by atoms with Gasteiger partial charge < -0.3 is 15.9 Å². The molecule has 0 heterocycles. The molecule has 0 atom stereocenters. The second kappa shape index (κ2) is 6.90. The highest BCUT2D eigenvalue weighted by Gasteiger charge is 2.12. The van der Waals surface area contributed by atoms with Crippen LogP contribution in [0.25, 0.3) is 0 Å². The molecule has 0 saturated heterocycles. The molecular formula is C11H17N3O4. The maximum atomic E-state index is 10.6. The maximum absolute atomic E-state index is 10.6. The molecule has 0 amide bonds. The van der Waals surface area contributed by atoms with Gasteiger partial charge in [0.05, 0.1) is 18.1 Å². The lowest BCUT2D eigenvalue weighted by molar-refractivity contribution is -0.383. The Labute approximate surface area is 105 Å². The maximum Gasteiger partial charge on any atom is 0.292 e. The first kappa shape index (κ1) is 14.4. The molecule has 0 saturated carbocycles. The number of aliphatic hydroxyl groups is 2. The lowest BCUT2D eigenvalue weighted by Gasteiger charge is -2.20. The number of nitro benzene ring substituents is 1. The molecule has 1 aromatic rings. The Hall–Kier alpha value is -1.70. The van der Waals surface area contributed by atoms with Gasteiger partial charge in [-0.15, -0.1) is 0 Å². The first-order valence-electron chi connectivity index (χ1n) is 5.55. The summed E-state index contributed by atoms with van der Waals surface area (Å²) in [4.78, 5) is 11.9. The second-order valence-corrected chi connectivity index (χ2v) is 3.87. The Balaban J connectivity index is 2.77. The van der Waals surface area contributed by atoms with Crippen molar-refractivity contribution >= 4 is 11.4 Å². The zero-order valence-electron chi connectivity index (χ0n) is 9.95. The van der Waals surface area contributed by atoms with E-state index in [0.717, 1.165) is 5.56 Å². The smallest absolute Gasteiger partial charge is 0.292 e. The predicted molar refractivity (Wildman–Crippen MR) is 67.0 cm³/mol. The summed E-state index contributed by atoms with van der Waals surface area (Å²) in [6.07, 6.45) is 0. The molecule has 0 aliphatic heterocycles. The van der Waals surface area contributed by atoms with Crippen molar-refractivity contribution in [3.8, 4) is 0 Å². The van der Waals surface area contributed by atoms with Crippen LogP contribution in [0.2, 0.25) is 0 Å². The quantitative estimate of drug-likeness (QED) is 0.358. The highest BCUT2D eigenvalue weighted by molar-refractivity contribution is 5.59. The molecule has 7 heteroatoms. The van der Waals surface area contributed by atoms with Gasteiger partial charge in [-0.3, -0.25) is 15.0 Å². The van der Waals surface area contributed by atoms with Crippen molar-refractivity contribution < 1.29 is 15.1 Å². The van der Waals surface area contributed by atoms with E-state index in [1.165, 1.54) is 6.07 Å². The summed E-state index contributed by atoms with van der Waals surface area (Å²) in [5.74, 6) is 0. The van der Waals surface area contributed by atoms with Gasteiger partial charge in [-0.25, -0.2) is 0 Å². The molecule has 1 rings (SSSR count). The van der Waals surface area contributed by atoms with Gasteiger partial charge in [-0.1, -0.05) is 6.07 Å². The number of benzene rings is 1. The summed E-state index contributed by atoms with van der Waals surface area (Å²) in [6.45, 7) is 1.31. The molecule has 7 nitrogen and oxygen atoms in total. The number of hydrogen-bond acceptors (Lipinski definition) is 6. The molecule has 4 N–H and O–H groups in total. The minimum Gasteiger partial charge on any atom is -0.395 e. The minimum atomic E-state index is -0.529. The summed E-state index contributed by atoms with van der Waals surface area (Å²) in [7, 11) is 0. The third-order valence-corrected chi connectivity index (χ3v) is 2.53. The van der Waals surface area contributed by atoms with Crippen LogP contribution >= 0.6 is 0 Å². The Morgan fingerprint density at radius 3 is 2.33 bits per heavy atom. The van der Waals surface area contributed by atoms with E-state index in [1.54, 1.807) is 12.1 Å².